The zero-order valence-electron chi connectivity index (χ0n) is 11.9. The third-order valence-corrected chi connectivity index (χ3v) is 4.06. The van der Waals surface area contributed by atoms with Crippen molar-refractivity contribution in [1.29, 1.82) is 0 Å². The van der Waals surface area contributed by atoms with Gasteiger partial charge in [-0.3, -0.25) is 19.8 Å². The zero-order valence-corrected chi connectivity index (χ0v) is 11.9. The van der Waals surface area contributed by atoms with Crippen molar-refractivity contribution in [2.45, 2.75) is 25.9 Å². The van der Waals surface area contributed by atoms with Crippen molar-refractivity contribution in [3.05, 3.63) is 33.9 Å². The van der Waals surface area contributed by atoms with Gasteiger partial charge in [0.15, 0.2) is 6.29 Å². The Hall–Kier alpha value is -1.95. The minimum atomic E-state index is -0.525. The van der Waals surface area contributed by atoms with Crippen molar-refractivity contribution < 1.29 is 9.72 Å². The molecular weight excluding hydrogens is 258 g/mol. The fourth-order valence-electron chi connectivity index (χ4n) is 2.61. The lowest BCUT2D eigenvalue weighted by atomic mass is 10.1. The monoisotopic (exact) mass is 277 g/mol. The van der Waals surface area contributed by atoms with Crippen molar-refractivity contribution in [1.82, 2.24) is 4.90 Å². The van der Waals surface area contributed by atoms with Crippen molar-refractivity contribution >= 4 is 17.7 Å². The molecule has 0 radical (unpaired) electrons. The second-order valence-electron chi connectivity index (χ2n) is 5.39. The zero-order chi connectivity index (χ0) is 14.9. The standard InChI is InChI=1S/C14H19N3O3/c1-10-7-16(8-11(2)15(10)3)13-4-5-14(17(19)20)12(6-13)9-18/h4-6,9-11H,7-8H2,1-3H3. The SMILES string of the molecule is CC1CN(c2ccc([N+](=O)[O-])c(C=O)c2)CC(C)N1C. The highest BCUT2D eigenvalue weighted by Crippen LogP contribution is 2.26. The largest absolute Gasteiger partial charge is 0.368 e. The Labute approximate surface area is 118 Å². The summed E-state index contributed by atoms with van der Waals surface area (Å²) in [5.41, 5.74) is 0.857. The first-order chi connectivity index (χ1) is 9.43. The highest BCUT2D eigenvalue weighted by Gasteiger charge is 2.27. The third-order valence-electron chi connectivity index (χ3n) is 4.06. The van der Waals surface area contributed by atoms with E-state index in [2.05, 4.69) is 30.7 Å². The number of benzene rings is 1. The number of nitro benzene ring substituents is 1. The molecule has 1 fully saturated rings. The Balaban J connectivity index is 2.30. The average Bonchev–Trinajstić information content (AvgIpc) is 2.43. The number of anilines is 1. The number of aldehydes is 1. The summed E-state index contributed by atoms with van der Waals surface area (Å²) in [6, 6.07) is 5.53. The molecular formula is C14H19N3O3. The first-order valence-corrected chi connectivity index (χ1v) is 6.64. The Morgan fingerprint density at radius 2 is 1.90 bits per heavy atom. The summed E-state index contributed by atoms with van der Waals surface area (Å²) in [5.74, 6) is 0. The fraction of sp³-hybridized carbons (Fsp3) is 0.500. The molecule has 20 heavy (non-hydrogen) atoms. The summed E-state index contributed by atoms with van der Waals surface area (Å²) in [4.78, 5) is 25.8. The predicted molar refractivity (Wildman–Crippen MR) is 77.4 cm³/mol. The number of piperazine rings is 1. The molecule has 6 heteroatoms. The fourth-order valence-corrected chi connectivity index (χ4v) is 2.61. The number of hydrogen-bond acceptors (Lipinski definition) is 5. The van der Waals surface area contributed by atoms with E-state index in [0.29, 0.717) is 18.4 Å². The van der Waals surface area contributed by atoms with Crippen LogP contribution in [0.15, 0.2) is 18.2 Å². The number of nitro groups is 1. The van der Waals surface area contributed by atoms with Gasteiger partial charge in [-0.25, -0.2) is 0 Å². The molecule has 0 spiro atoms. The van der Waals surface area contributed by atoms with Gasteiger partial charge in [-0.2, -0.15) is 0 Å². The molecule has 2 atom stereocenters. The van der Waals surface area contributed by atoms with E-state index in [9.17, 15) is 14.9 Å². The number of hydrogen-bond donors (Lipinski definition) is 0. The molecule has 0 amide bonds. The van der Waals surface area contributed by atoms with Crippen LogP contribution in [-0.4, -0.2) is 48.3 Å². The molecule has 1 aromatic carbocycles. The van der Waals surface area contributed by atoms with Gasteiger partial charge >= 0.3 is 0 Å². The maximum atomic E-state index is 11.0. The number of carbonyl (C=O) groups excluding carboxylic acids is 1. The van der Waals surface area contributed by atoms with Crippen LogP contribution < -0.4 is 4.90 Å². The molecule has 1 saturated heterocycles. The van der Waals surface area contributed by atoms with E-state index < -0.39 is 4.92 Å². The van der Waals surface area contributed by atoms with Gasteiger partial charge in [0.1, 0.15) is 0 Å². The van der Waals surface area contributed by atoms with Crippen LogP contribution in [0.1, 0.15) is 24.2 Å². The maximum Gasteiger partial charge on any atom is 0.280 e. The van der Waals surface area contributed by atoms with Crippen molar-refractivity contribution in [3.8, 4) is 0 Å². The average molecular weight is 277 g/mol. The topological polar surface area (TPSA) is 66.7 Å². The quantitative estimate of drug-likeness (QED) is 0.480. The maximum absolute atomic E-state index is 11.0. The lowest BCUT2D eigenvalue weighted by Gasteiger charge is -2.43. The van der Waals surface area contributed by atoms with Crippen LogP contribution in [0.5, 0.6) is 0 Å². The van der Waals surface area contributed by atoms with E-state index in [1.165, 1.54) is 6.07 Å². The van der Waals surface area contributed by atoms with Gasteiger partial charge in [0, 0.05) is 36.9 Å². The lowest BCUT2D eigenvalue weighted by molar-refractivity contribution is -0.385. The molecule has 108 valence electrons. The molecule has 1 aliphatic rings. The Morgan fingerprint density at radius 1 is 1.30 bits per heavy atom. The van der Waals surface area contributed by atoms with Crippen LogP contribution in [0.25, 0.3) is 0 Å². The predicted octanol–water partition coefficient (Wildman–Crippen LogP) is 1.94. The molecule has 1 aliphatic heterocycles. The molecule has 2 rings (SSSR count). The lowest BCUT2D eigenvalue weighted by Crippen LogP contribution is -2.55. The van der Waals surface area contributed by atoms with Crippen molar-refractivity contribution in [2.24, 2.45) is 0 Å². The highest BCUT2D eigenvalue weighted by molar-refractivity contribution is 5.83. The number of carbonyl (C=O) groups is 1. The van der Waals surface area contributed by atoms with E-state index in [0.717, 1.165) is 18.8 Å². The summed E-state index contributed by atoms with van der Waals surface area (Å²) >= 11 is 0. The van der Waals surface area contributed by atoms with Crippen LogP contribution in [0, 0.1) is 10.1 Å². The van der Waals surface area contributed by atoms with E-state index in [4.69, 9.17) is 0 Å². The van der Waals surface area contributed by atoms with Gasteiger partial charge in [-0.1, -0.05) is 0 Å². The molecule has 0 aliphatic carbocycles. The van der Waals surface area contributed by atoms with Crippen LogP contribution in [0.2, 0.25) is 0 Å². The van der Waals surface area contributed by atoms with E-state index >= 15 is 0 Å². The number of likely N-dealkylation sites (N-methyl/N-ethyl adjacent to an activating group) is 1. The normalized spacial score (nSPS) is 23.6. The summed E-state index contributed by atoms with van der Waals surface area (Å²) in [6.07, 6.45) is 0.546. The second kappa shape index (κ2) is 5.58. The van der Waals surface area contributed by atoms with Crippen LogP contribution in [0.3, 0.4) is 0 Å². The van der Waals surface area contributed by atoms with E-state index in [1.807, 2.05) is 0 Å². The van der Waals surface area contributed by atoms with E-state index in [-0.39, 0.29) is 11.3 Å². The molecule has 0 bridgehead atoms. The van der Waals surface area contributed by atoms with Gasteiger partial charge in [-0.05, 0) is 33.0 Å². The van der Waals surface area contributed by atoms with Gasteiger partial charge in [0.25, 0.3) is 5.69 Å². The molecule has 1 aromatic rings. The van der Waals surface area contributed by atoms with Gasteiger partial charge < -0.3 is 4.90 Å². The first kappa shape index (κ1) is 14.5. The Kier molecular flexibility index (Phi) is 4.04. The Bertz CT molecular complexity index is 520. The van der Waals surface area contributed by atoms with Gasteiger partial charge in [0.2, 0.25) is 0 Å². The third kappa shape index (κ3) is 2.65. The molecule has 0 N–H and O–H groups in total. The summed E-state index contributed by atoms with van der Waals surface area (Å²) in [7, 11) is 2.10. The number of nitrogens with zero attached hydrogens (tertiary/aromatic N) is 3. The molecule has 2 unspecified atom stereocenters. The van der Waals surface area contributed by atoms with Crippen molar-refractivity contribution in [2.75, 3.05) is 25.0 Å². The van der Waals surface area contributed by atoms with Crippen LogP contribution in [-0.2, 0) is 0 Å². The van der Waals surface area contributed by atoms with Crippen LogP contribution in [0.4, 0.5) is 11.4 Å². The first-order valence-electron chi connectivity index (χ1n) is 6.64. The van der Waals surface area contributed by atoms with Crippen molar-refractivity contribution in [3.63, 3.8) is 0 Å². The summed E-state index contributed by atoms with van der Waals surface area (Å²) in [6.45, 7) is 5.98. The minimum Gasteiger partial charge on any atom is -0.368 e. The molecule has 0 aromatic heterocycles. The summed E-state index contributed by atoms with van der Waals surface area (Å²) in [5, 5.41) is 10.8. The van der Waals surface area contributed by atoms with Gasteiger partial charge in [0.05, 0.1) is 10.5 Å². The second-order valence-corrected chi connectivity index (χ2v) is 5.39. The molecule has 0 saturated carbocycles. The van der Waals surface area contributed by atoms with Crippen LogP contribution >= 0.6 is 0 Å². The Morgan fingerprint density at radius 3 is 2.40 bits per heavy atom. The molecule has 6 nitrogen and oxygen atoms in total. The number of rotatable bonds is 3. The highest BCUT2D eigenvalue weighted by atomic mass is 16.6. The smallest absolute Gasteiger partial charge is 0.280 e. The van der Waals surface area contributed by atoms with Gasteiger partial charge in [-0.15, -0.1) is 0 Å². The molecule has 1 heterocycles. The minimum absolute atomic E-state index is 0.131. The van der Waals surface area contributed by atoms with E-state index in [1.54, 1.807) is 12.1 Å². The summed E-state index contributed by atoms with van der Waals surface area (Å²) < 4.78 is 0.